The minimum Gasteiger partial charge on any atom is -0.359 e. The Morgan fingerprint density at radius 1 is 0.906 bits per heavy atom. The minimum absolute atomic E-state index is 0.0129. The van der Waals surface area contributed by atoms with E-state index in [4.69, 9.17) is 4.52 Å². The number of ketones is 1. The normalized spacial score (nSPS) is 11.2. The first kappa shape index (κ1) is 19.8. The highest BCUT2D eigenvalue weighted by atomic mass is 16.5. The molecule has 0 spiro atoms. The van der Waals surface area contributed by atoms with Crippen molar-refractivity contribution >= 4 is 33.5 Å². The fraction of sp³-hybridized carbons (Fsp3) is 0.115. The smallest absolute Gasteiger partial charge is 0.273 e. The number of fused-ring (bicyclic) bond motifs is 3. The molecule has 0 bridgehead atoms. The lowest BCUT2D eigenvalue weighted by Gasteiger charge is -2.04. The fourth-order valence-corrected chi connectivity index (χ4v) is 3.95. The van der Waals surface area contributed by atoms with Gasteiger partial charge >= 0.3 is 0 Å². The van der Waals surface area contributed by atoms with E-state index in [0.29, 0.717) is 24.4 Å². The second-order valence-electron chi connectivity index (χ2n) is 7.73. The molecule has 0 aliphatic heterocycles. The van der Waals surface area contributed by atoms with E-state index in [1.165, 1.54) is 17.7 Å². The van der Waals surface area contributed by atoms with Crippen molar-refractivity contribution < 1.29 is 14.1 Å². The van der Waals surface area contributed by atoms with E-state index in [1.54, 1.807) is 18.2 Å². The number of Topliss-reactive ketones (excluding diaryl/α,β-unsaturated/α-hetero) is 1. The van der Waals surface area contributed by atoms with Crippen molar-refractivity contribution in [2.24, 2.45) is 0 Å². The van der Waals surface area contributed by atoms with Crippen LogP contribution < -0.4 is 5.32 Å². The van der Waals surface area contributed by atoms with Crippen molar-refractivity contribution in [2.75, 3.05) is 0 Å². The number of benzene rings is 3. The highest BCUT2D eigenvalue weighted by Gasteiger charge is 2.15. The Labute approximate surface area is 184 Å². The van der Waals surface area contributed by atoms with Crippen molar-refractivity contribution in [1.29, 1.82) is 0 Å². The third kappa shape index (κ3) is 3.67. The first-order valence-corrected chi connectivity index (χ1v) is 10.4. The molecule has 0 fully saturated rings. The summed E-state index contributed by atoms with van der Waals surface area (Å²) in [6.45, 7) is 2.34. The lowest BCUT2D eigenvalue weighted by molar-refractivity contribution is 0.0940. The number of carbonyl (C=O) groups is 2. The lowest BCUT2D eigenvalue weighted by atomic mass is 10.1. The SMILES string of the molecule is CC(=O)c1ccc(CNC(=O)c2cc(Cn3c4ccccc4c4ccccc43)on2)cc1. The van der Waals surface area contributed by atoms with Gasteiger partial charge in [-0.25, -0.2) is 0 Å². The molecule has 6 heteroatoms. The van der Waals surface area contributed by atoms with Gasteiger partial charge in [0.1, 0.15) is 0 Å². The van der Waals surface area contributed by atoms with Crippen LogP contribution in [0.5, 0.6) is 0 Å². The van der Waals surface area contributed by atoms with Gasteiger partial charge in [0.2, 0.25) is 0 Å². The molecule has 0 unspecified atom stereocenters. The average molecular weight is 423 g/mol. The van der Waals surface area contributed by atoms with Gasteiger partial charge in [0, 0.05) is 40.0 Å². The molecule has 1 amide bonds. The molecule has 1 N–H and O–H groups in total. The van der Waals surface area contributed by atoms with Gasteiger partial charge in [-0.1, -0.05) is 65.8 Å². The summed E-state index contributed by atoms with van der Waals surface area (Å²) in [5.41, 5.74) is 3.99. The maximum Gasteiger partial charge on any atom is 0.273 e. The quantitative estimate of drug-likeness (QED) is 0.392. The van der Waals surface area contributed by atoms with Crippen LogP contribution in [0.25, 0.3) is 21.8 Å². The first-order valence-electron chi connectivity index (χ1n) is 10.4. The number of carbonyl (C=O) groups excluding carboxylic acids is 2. The molecule has 3 aromatic carbocycles. The summed E-state index contributed by atoms with van der Waals surface area (Å²) < 4.78 is 7.65. The number of rotatable bonds is 6. The summed E-state index contributed by atoms with van der Waals surface area (Å²) in [6.07, 6.45) is 0. The standard InChI is InChI=1S/C26H21N3O3/c1-17(30)19-12-10-18(11-13-19)15-27-26(31)23-14-20(32-28-23)16-29-24-8-4-2-6-21(24)22-7-3-5-9-25(22)29/h2-14H,15-16H2,1H3,(H,27,31). The molecule has 0 aliphatic rings. The maximum absolute atomic E-state index is 12.5. The zero-order chi connectivity index (χ0) is 22.1. The molecule has 5 aromatic rings. The molecule has 2 aromatic heterocycles. The van der Waals surface area contributed by atoms with Crippen LogP contribution in [0.2, 0.25) is 0 Å². The molecule has 0 aliphatic carbocycles. The minimum atomic E-state index is -0.308. The summed E-state index contributed by atoms with van der Waals surface area (Å²) in [4.78, 5) is 23.9. The Hall–Kier alpha value is -4.19. The summed E-state index contributed by atoms with van der Waals surface area (Å²) in [7, 11) is 0. The molecule has 2 heterocycles. The van der Waals surface area contributed by atoms with Crippen LogP contribution in [0.3, 0.4) is 0 Å². The monoisotopic (exact) mass is 423 g/mol. The van der Waals surface area contributed by atoms with E-state index >= 15 is 0 Å². The van der Waals surface area contributed by atoms with Crippen LogP contribution in [0.1, 0.15) is 39.1 Å². The predicted octanol–water partition coefficient (Wildman–Crippen LogP) is 4.96. The summed E-state index contributed by atoms with van der Waals surface area (Å²) in [5, 5.41) is 9.16. The Bertz CT molecular complexity index is 1390. The van der Waals surface area contributed by atoms with Gasteiger partial charge in [-0.3, -0.25) is 9.59 Å². The molecular weight excluding hydrogens is 402 g/mol. The van der Waals surface area contributed by atoms with Crippen molar-refractivity contribution in [3.05, 3.63) is 101 Å². The van der Waals surface area contributed by atoms with Gasteiger partial charge in [0.05, 0.1) is 6.54 Å². The van der Waals surface area contributed by atoms with Crippen molar-refractivity contribution in [1.82, 2.24) is 15.0 Å². The predicted molar refractivity (Wildman–Crippen MR) is 123 cm³/mol. The number of nitrogens with one attached hydrogen (secondary N) is 1. The largest absolute Gasteiger partial charge is 0.359 e. The topological polar surface area (TPSA) is 77.1 Å². The van der Waals surface area contributed by atoms with E-state index < -0.39 is 0 Å². The molecular formula is C26H21N3O3. The van der Waals surface area contributed by atoms with Gasteiger partial charge in [0.15, 0.2) is 17.2 Å². The Balaban J connectivity index is 1.33. The number of hydrogen-bond donors (Lipinski definition) is 1. The van der Waals surface area contributed by atoms with Gasteiger partial charge in [-0.15, -0.1) is 0 Å². The number of aromatic nitrogens is 2. The molecule has 0 saturated heterocycles. The Morgan fingerprint density at radius 2 is 1.53 bits per heavy atom. The van der Waals surface area contributed by atoms with Crippen molar-refractivity contribution in [2.45, 2.75) is 20.0 Å². The van der Waals surface area contributed by atoms with Crippen LogP contribution in [0.15, 0.2) is 83.4 Å². The zero-order valence-electron chi connectivity index (χ0n) is 17.5. The first-order chi connectivity index (χ1) is 15.6. The van der Waals surface area contributed by atoms with E-state index in [9.17, 15) is 9.59 Å². The van der Waals surface area contributed by atoms with Crippen LogP contribution in [0.4, 0.5) is 0 Å². The number of hydrogen-bond acceptors (Lipinski definition) is 4. The fourth-order valence-electron chi connectivity index (χ4n) is 3.95. The van der Waals surface area contributed by atoms with Gasteiger partial charge < -0.3 is 14.4 Å². The Morgan fingerprint density at radius 3 is 2.16 bits per heavy atom. The van der Waals surface area contributed by atoms with Crippen LogP contribution >= 0.6 is 0 Å². The van der Waals surface area contributed by atoms with E-state index in [0.717, 1.165) is 16.6 Å². The highest BCUT2D eigenvalue weighted by Crippen LogP contribution is 2.29. The van der Waals surface area contributed by atoms with E-state index in [2.05, 4.69) is 39.3 Å². The second-order valence-corrected chi connectivity index (χ2v) is 7.73. The molecule has 5 rings (SSSR count). The number of para-hydroxylation sites is 2. The van der Waals surface area contributed by atoms with E-state index in [1.807, 2.05) is 36.4 Å². The van der Waals surface area contributed by atoms with Gasteiger partial charge in [-0.2, -0.15) is 0 Å². The molecule has 158 valence electrons. The summed E-state index contributed by atoms with van der Waals surface area (Å²) >= 11 is 0. The maximum atomic E-state index is 12.5. The molecule has 0 atom stereocenters. The zero-order valence-corrected chi connectivity index (χ0v) is 17.5. The van der Waals surface area contributed by atoms with Gasteiger partial charge in [0.25, 0.3) is 5.91 Å². The lowest BCUT2D eigenvalue weighted by Crippen LogP contribution is -2.23. The third-order valence-electron chi connectivity index (χ3n) is 5.60. The average Bonchev–Trinajstić information content (AvgIpc) is 3.42. The number of amides is 1. The van der Waals surface area contributed by atoms with Crippen LogP contribution in [-0.4, -0.2) is 21.4 Å². The molecule has 0 saturated carbocycles. The third-order valence-corrected chi connectivity index (χ3v) is 5.60. The Kier molecular flexibility index (Phi) is 5.03. The highest BCUT2D eigenvalue weighted by molar-refractivity contribution is 6.08. The molecule has 32 heavy (non-hydrogen) atoms. The molecule has 6 nitrogen and oxygen atoms in total. The number of nitrogens with zero attached hydrogens (tertiary/aromatic N) is 2. The summed E-state index contributed by atoms with van der Waals surface area (Å²) in [6, 6.07) is 25.3. The second kappa shape index (κ2) is 8.15. The molecule has 0 radical (unpaired) electrons. The van der Waals surface area contributed by atoms with Crippen molar-refractivity contribution in [3.8, 4) is 0 Å². The van der Waals surface area contributed by atoms with Crippen LogP contribution in [-0.2, 0) is 13.1 Å². The van der Waals surface area contributed by atoms with Crippen LogP contribution in [0, 0.1) is 0 Å². The summed E-state index contributed by atoms with van der Waals surface area (Å²) in [5.74, 6) is 0.310. The van der Waals surface area contributed by atoms with E-state index in [-0.39, 0.29) is 17.4 Å². The van der Waals surface area contributed by atoms with Gasteiger partial charge in [-0.05, 0) is 24.6 Å². The van der Waals surface area contributed by atoms with Crippen molar-refractivity contribution in [3.63, 3.8) is 0 Å².